The third kappa shape index (κ3) is 29.1. The minimum absolute atomic E-state index is 0. The molecule has 0 aliphatic heterocycles. The Hall–Kier alpha value is 0.347. The Morgan fingerprint density at radius 3 is 0.929 bits per heavy atom. The first-order chi connectivity index (χ1) is 19.9. The first-order valence-corrected chi connectivity index (χ1v) is 20.6. The molecule has 0 atom stereocenters. The van der Waals surface area contributed by atoms with Crippen molar-refractivity contribution in [2.24, 2.45) is 0 Å². The Kier molecular flexibility index (Phi) is 34.7. The van der Waals surface area contributed by atoms with Crippen LogP contribution >= 0.6 is 0 Å². The molecular weight excluding hydrogens is 558 g/mol. The summed E-state index contributed by atoms with van der Waals surface area (Å²) in [6, 6.07) is 0.967. The van der Waals surface area contributed by atoms with Crippen LogP contribution in [0.15, 0.2) is 0 Å². The van der Waals surface area contributed by atoms with Crippen molar-refractivity contribution in [3.05, 3.63) is 0 Å². The molecule has 256 valence electrons. The van der Waals surface area contributed by atoms with Crippen molar-refractivity contribution in [3.8, 4) is 0 Å². The summed E-state index contributed by atoms with van der Waals surface area (Å²) >= 11 is 0. The van der Waals surface area contributed by atoms with Gasteiger partial charge in [-0.15, -0.1) is 0 Å². The van der Waals surface area contributed by atoms with Crippen LogP contribution in [0.25, 0.3) is 0 Å². The summed E-state index contributed by atoms with van der Waals surface area (Å²) in [5.41, 5.74) is 0. The number of quaternary nitrogens is 1. The van der Waals surface area contributed by atoms with Gasteiger partial charge in [0.1, 0.15) is 0 Å². The normalized spacial score (nSPS) is 12.1. The molecule has 0 aromatic rings. The quantitative estimate of drug-likeness (QED) is 0.0403. The summed E-state index contributed by atoms with van der Waals surface area (Å²) in [6.45, 7) is 13.2. The predicted octanol–water partition coefficient (Wildman–Crippen LogP) is 8.50. The first kappa shape index (κ1) is 44.5. The largest absolute Gasteiger partial charge is 1.00 e. The lowest BCUT2D eigenvalue weighted by Gasteiger charge is -2.30. The van der Waals surface area contributed by atoms with Gasteiger partial charge in [-0.1, -0.05) is 129 Å². The van der Waals surface area contributed by atoms with Crippen LogP contribution in [0.3, 0.4) is 0 Å². The van der Waals surface area contributed by atoms with Crippen molar-refractivity contribution in [3.63, 3.8) is 0 Å². The second kappa shape index (κ2) is 32.7. The fourth-order valence-corrected chi connectivity index (χ4v) is 8.83. The maximum absolute atomic E-state index is 5.98. The topological polar surface area (TPSA) is 27.7 Å². The third-order valence-electron chi connectivity index (χ3n) is 8.71. The molecule has 6 heteroatoms. The van der Waals surface area contributed by atoms with Crippen LogP contribution in [-0.2, 0) is 13.3 Å². The molecule has 0 N–H and O–H groups in total. The highest BCUT2D eigenvalue weighted by atomic mass is 35.5. The lowest BCUT2D eigenvalue weighted by molar-refractivity contribution is -0.890. The van der Waals surface area contributed by atoms with E-state index in [2.05, 4.69) is 21.0 Å². The van der Waals surface area contributed by atoms with Gasteiger partial charge in [0.05, 0.1) is 27.2 Å². The molecule has 42 heavy (non-hydrogen) atoms. The van der Waals surface area contributed by atoms with E-state index in [1.165, 1.54) is 165 Å². The molecule has 0 heterocycles. The number of rotatable bonds is 34. The molecule has 0 radical (unpaired) electrons. The zero-order valence-electron chi connectivity index (χ0n) is 29.8. The molecule has 0 saturated heterocycles. The second-order valence-corrected chi connectivity index (χ2v) is 16.0. The van der Waals surface area contributed by atoms with Gasteiger partial charge in [-0.25, -0.2) is 0 Å². The van der Waals surface area contributed by atoms with Gasteiger partial charge in [0, 0.05) is 25.9 Å². The predicted molar refractivity (Wildman–Crippen MR) is 184 cm³/mol. The summed E-state index contributed by atoms with van der Waals surface area (Å²) in [6.07, 6.45) is 33.9. The van der Waals surface area contributed by atoms with Crippen LogP contribution in [0.1, 0.15) is 182 Å². The maximum atomic E-state index is 5.98. The molecule has 0 spiro atoms. The van der Waals surface area contributed by atoms with E-state index in [9.17, 15) is 0 Å². The molecule has 0 aliphatic rings. The van der Waals surface area contributed by atoms with Crippen molar-refractivity contribution < 1.29 is 30.2 Å². The van der Waals surface area contributed by atoms with Crippen LogP contribution < -0.4 is 12.4 Å². The second-order valence-electron chi connectivity index (χ2n) is 13.2. The van der Waals surface area contributed by atoms with Crippen LogP contribution in [0.2, 0.25) is 6.04 Å². The summed E-state index contributed by atoms with van der Waals surface area (Å²) < 4.78 is 19.1. The van der Waals surface area contributed by atoms with Gasteiger partial charge in [0.2, 0.25) is 0 Å². The van der Waals surface area contributed by atoms with Crippen molar-refractivity contribution in [1.82, 2.24) is 0 Å². The number of nitrogens with zero attached hydrogens (tertiary/aromatic N) is 1. The van der Waals surface area contributed by atoms with Gasteiger partial charge in [-0.2, -0.15) is 0 Å². The molecule has 0 fully saturated rings. The van der Waals surface area contributed by atoms with Gasteiger partial charge in [-0.05, 0) is 52.9 Å². The lowest BCUT2D eigenvalue weighted by atomic mass is 10.0. The van der Waals surface area contributed by atoms with E-state index in [-0.39, 0.29) is 12.4 Å². The van der Waals surface area contributed by atoms with E-state index < -0.39 is 8.80 Å². The first-order valence-electron chi connectivity index (χ1n) is 18.7. The summed E-state index contributed by atoms with van der Waals surface area (Å²) in [5, 5.41) is 0. The van der Waals surface area contributed by atoms with Gasteiger partial charge >= 0.3 is 8.80 Å². The molecule has 0 bridgehead atoms. The molecular formula is C36H78ClNO3Si. The molecule has 0 rings (SSSR count). The van der Waals surface area contributed by atoms with Crippen molar-refractivity contribution in [1.29, 1.82) is 0 Å². The zero-order valence-corrected chi connectivity index (χ0v) is 31.5. The minimum atomic E-state index is -2.43. The monoisotopic (exact) mass is 636 g/mol. The Bertz CT molecular complexity index is 507. The van der Waals surface area contributed by atoms with Crippen LogP contribution in [0.4, 0.5) is 0 Å². The molecule has 4 nitrogen and oxygen atoms in total. The lowest BCUT2D eigenvalue weighted by Crippen LogP contribution is -3.00. The third-order valence-corrected chi connectivity index (χ3v) is 11.9. The number of halogens is 1. The maximum Gasteiger partial charge on any atom is 0.500 e. The summed E-state index contributed by atoms with van der Waals surface area (Å²) in [5.74, 6) is 0. The minimum Gasteiger partial charge on any atom is -1.00 e. The molecule has 0 amide bonds. The SMILES string of the molecule is CCCCCCCCCCCCCCCCCC[N+](C)(C)CCCCCCCCCC[Si](OCC)(OCC)OCC.[Cl-]. The average Bonchev–Trinajstić information content (AvgIpc) is 2.94. The summed E-state index contributed by atoms with van der Waals surface area (Å²) in [7, 11) is 2.46. The van der Waals surface area contributed by atoms with Gasteiger partial charge in [0.25, 0.3) is 0 Å². The van der Waals surface area contributed by atoms with Crippen molar-refractivity contribution in [2.75, 3.05) is 47.0 Å². The van der Waals surface area contributed by atoms with E-state index in [1.54, 1.807) is 0 Å². The van der Waals surface area contributed by atoms with E-state index in [0.29, 0.717) is 19.8 Å². The highest BCUT2D eigenvalue weighted by Gasteiger charge is 2.39. The Morgan fingerprint density at radius 2 is 0.643 bits per heavy atom. The van der Waals surface area contributed by atoms with E-state index in [4.69, 9.17) is 13.3 Å². The number of hydrogen-bond donors (Lipinski definition) is 0. The van der Waals surface area contributed by atoms with E-state index in [1.807, 2.05) is 20.8 Å². The zero-order chi connectivity index (χ0) is 30.3. The van der Waals surface area contributed by atoms with Crippen molar-refractivity contribution >= 4 is 8.80 Å². The summed E-state index contributed by atoms with van der Waals surface area (Å²) in [4.78, 5) is 0. The van der Waals surface area contributed by atoms with Crippen LogP contribution in [0, 0.1) is 0 Å². The van der Waals surface area contributed by atoms with Gasteiger partial charge in [0.15, 0.2) is 0 Å². The highest BCUT2D eigenvalue weighted by molar-refractivity contribution is 6.60. The Balaban J connectivity index is 0. The van der Waals surface area contributed by atoms with E-state index in [0.717, 1.165) is 12.5 Å². The fourth-order valence-electron chi connectivity index (χ4n) is 6.14. The van der Waals surface area contributed by atoms with Gasteiger partial charge in [-0.3, -0.25) is 0 Å². The molecule has 0 aliphatic carbocycles. The molecule has 0 aromatic carbocycles. The molecule has 0 aromatic heterocycles. The highest BCUT2D eigenvalue weighted by Crippen LogP contribution is 2.21. The standard InChI is InChI=1S/C36H78NO3Si.ClH/c1-7-11-12-13-14-15-16-17-18-19-20-21-22-25-28-31-34-37(5,6)35-32-29-26-23-24-27-30-33-36-41(38-8-2,39-9-3)40-10-4;/h7-36H2,1-6H3;1H/q+1;/p-1. The Morgan fingerprint density at radius 1 is 0.381 bits per heavy atom. The van der Waals surface area contributed by atoms with Gasteiger partial charge < -0.3 is 30.2 Å². The molecule has 0 saturated carbocycles. The van der Waals surface area contributed by atoms with Crippen LogP contribution in [-0.4, -0.2) is 60.3 Å². The number of hydrogen-bond acceptors (Lipinski definition) is 3. The average molecular weight is 637 g/mol. The fraction of sp³-hybridized carbons (Fsp3) is 1.00. The van der Waals surface area contributed by atoms with E-state index >= 15 is 0 Å². The van der Waals surface area contributed by atoms with Crippen molar-refractivity contribution in [2.45, 2.75) is 188 Å². The van der Waals surface area contributed by atoms with Crippen LogP contribution in [0.5, 0.6) is 0 Å². The smallest absolute Gasteiger partial charge is 0.500 e. The Labute approximate surface area is 273 Å². The number of unbranched alkanes of at least 4 members (excludes halogenated alkanes) is 22. The molecule has 0 unspecified atom stereocenters.